The minimum atomic E-state index is -3.86. The number of para-hydroxylation sites is 1. The zero-order valence-corrected chi connectivity index (χ0v) is 13.6. The van der Waals surface area contributed by atoms with Crippen molar-refractivity contribution in [2.24, 2.45) is 0 Å². The number of nitrogens with two attached hydrogens (primary N) is 1. The van der Waals surface area contributed by atoms with E-state index in [0.717, 1.165) is 0 Å². The van der Waals surface area contributed by atoms with Gasteiger partial charge in [-0.25, -0.2) is 8.42 Å². The van der Waals surface area contributed by atoms with E-state index < -0.39 is 10.0 Å². The minimum absolute atomic E-state index is 0.0311. The average molecular weight is 352 g/mol. The smallest absolute Gasteiger partial charge is 0.264 e. The average Bonchev–Trinajstić information content (AvgIpc) is 2.70. The van der Waals surface area contributed by atoms with Gasteiger partial charge in [0.15, 0.2) is 0 Å². The van der Waals surface area contributed by atoms with Gasteiger partial charge < -0.3 is 11.1 Å². The first-order valence-electron chi connectivity index (χ1n) is 6.86. The molecular weight excluding hydrogens is 338 g/mol. The Morgan fingerprint density at radius 1 is 1.17 bits per heavy atom. The highest BCUT2D eigenvalue weighted by molar-refractivity contribution is 7.92. The first kappa shape index (κ1) is 15.6. The highest BCUT2D eigenvalue weighted by Crippen LogP contribution is 2.30. The van der Waals surface area contributed by atoms with Gasteiger partial charge in [-0.3, -0.25) is 9.10 Å². The minimum Gasteiger partial charge on any atom is -0.397 e. The summed E-state index contributed by atoms with van der Waals surface area (Å²) in [5.41, 5.74) is 6.56. The predicted octanol–water partition coefficient (Wildman–Crippen LogP) is 1.86. The van der Waals surface area contributed by atoms with Gasteiger partial charge in [0.05, 0.1) is 33.4 Å². The molecule has 0 spiro atoms. The van der Waals surface area contributed by atoms with Gasteiger partial charge in [0, 0.05) is 6.54 Å². The normalized spacial score (nSPS) is 14.8. The van der Waals surface area contributed by atoms with Crippen LogP contribution >= 0.6 is 11.6 Å². The van der Waals surface area contributed by atoms with Crippen LogP contribution in [0.1, 0.15) is 10.4 Å². The van der Waals surface area contributed by atoms with E-state index in [-0.39, 0.29) is 34.6 Å². The number of carbonyl (C=O) groups is 1. The number of halogens is 1. The lowest BCUT2D eigenvalue weighted by Crippen LogP contribution is -2.35. The summed E-state index contributed by atoms with van der Waals surface area (Å²) in [4.78, 5) is 12.1. The molecule has 0 unspecified atom stereocenters. The number of rotatable bonds is 2. The summed E-state index contributed by atoms with van der Waals surface area (Å²) in [6.07, 6.45) is 0. The summed E-state index contributed by atoms with van der Waals surface area (Å²) >= 11 is 5.85. The lowest BCUT2D eigenvalue weighted by atomic mass is 10.2. The molecule has 2 aromatic carbocycles. The standard InChI is InChI=1S/C15H14ClN3O3S/c16-12-6-5-10(9-13(12)17)23(21,22)19-8-7-18-15(20)11-3-1-2-4-14(11)19/h1-6,9H,7-8,17H2,(H,18,20). The first-order valence-corrected chi connectivity index (χ1v) is 8.68. The predicted molar refractivity (Wildman–Crippen MR) is 89.2 cm³/mol. The molecule has 0 radical (unpaired) electrons. The van der Waals surface area contributed by atoms with E-state index in [2.05, 4.69) is 5.32 Å². The van der Waals surface area contributed by atoms with Crippen LogP contribution in [-0.4, -0.2) is 27.4 Å². The van der Waals surface area contributed by atoms with Gasteiger partial charge in [0.2, 0.25) is 0 Å². The van der Waals surface area contributed by atoms with Crippen LogP contribution in [-0.2, 0) is 10.0 Å². The highest BCUT2D eigenvalue weighted by atomic mass is 35.5. The van der Waals surface area contributed by atoms with Crippen LogP contribution in [0.15, 0.2) is 47.4 Å². The molecule has 0 saturated heterocycles. The van der Waals surface area contributed by atoms with Gasteiger partial charge in [-0.2, -0.15) is 0 Å². The van der Waals surface area contributed by atoms with E-state index in [0.29, 0.717) is 11.3 Å². The molecule has 1 heterocycles. The van der Waals surface area contributed by atoms with Crippen LogP contribution in [0.25, 0.3) is 0 Å². The van der Waals surface area contributed by atoms with Crippen molar-refractivity contribution in [3.8, 4) is 0 Å². The first-order chi connectivity index (χ1) is 10.9. The molecule has 2 aromatic rings. The van der Waals surface area contributed by atoms with Crippen LogP contribution in [0, 0.1) is 0 Å². The van der Waals surface area contributed by atoms with Gasteiger partial charge in [0.1, 0.15) is 0 Å². The van der Waals surface area contributed by atoms with Crippen molar-refractivity contribution in [2.45, 2.75) is 4.90 Å². The van der Waals surface area contributed by atoms with Crippen molar-refractivity contribution in [3.05, 3.63) is 53.1 Å². The van der Waals surface area contributed by atoms with E-state index in [4.69, 9.17) is 17.3 Å². The van der Waals surface area contributed by atoms with Gasteiger partial charge in [0.25, 0.3) is 15.9 Å². The molecule has 0 aliphatic carbocycles. The molecule has 3 N–H and O–H groups in total. The molecule has 0 bridgehead atoms. The number of fused-ring (bicyclic) bond motifs is 1. The van der Waals surface area contributed by atoms with E-state index in [1.807, 2.05) is 0 Å². The second kappa shape index (κ2) is 5.75. The fraction of sp³-hybridized carbons (Fsp3) is 0.133. The SMILES string of the molecule is Nc1cc(S(=O)(=O)N2CCNC(=O)c3ccccc32)ccc1Cl. The molecular formula is C15H14ClN3O3S. The van der Waals surface area contributed by atoms with Gasteiger partial charge in [-0.1, -0.05) is 23.7 Å². The Hall–Kier alpha value is -2.25. The maximum Gasteiger partial charge on any atom is 0.264 e. The Morgan fingerprint density at radius 3 is 2.65 bits per heavy atom. The number of amides is 1. The topological polar surface area (TPSA) is 92.5 Å². The molecule has 1 aliphatic rings. The number of carbonyl (C=O) groups excluding carboxylic acids is 1. The highest BCUT2D eigenvalue weighted by Gasteiger charge is 2.30. The summed E-state index contributed by atoms with van der Waals surface area (Å²) in [5.74, 6) is -0.297. The molecule has 23 heavy (non-hydrogen) atoms. The zero-order valence-electron chi connectivity index (χ0n) is 12.0. The quantitative estimate of drug-likeness (QED) is 0.808. The van der Waals surface area contributed by atoms with Gasteiger partial charge in [-0.05, 0) is 30.3 Å². The molecule has 6 nitrogen and oxygen atoms in total. The molecule has 0 saturated carbocycles. The summed E-state index contributed by atoms with van der Waals surface area (Å²) in [6.45, 7) is 0.351. The maximum atomic E-state index is 13.0. The number of hydrogen-bond acceptors (Lipinski definition) is 4. The summed E-state index contributed by atoms with van der Waals surface area (Å²) in [6, 6.07) is 10.7. The lowest BCUT2D eigenvalue weighted by Gasteiger charge is -2.23. The summed E-state index contributed by atoms with van der Waals surface area (Å²) < 4.78 is 27.1. The van der Waals surface area contributed by atoms with Crippen LogP contribution in [0.3, 0.4) is 0 Å². The van der Waals surface area contributed by atoms with Crippen molar-refractivity contribution in [1.29, 1.82) is 0 Å². The number of benzene rings is 2. The van der Waals surface area contributed by atoms with E-state index in [1.165, 1.54) is 22.5 Å². The fourth-order valence-corrected chi connectivity index (χ4v) is 4.07. The molecule has 0 aromatic heterocycles. The monoisotopic (exact) mass is 351 g/mol. The van der Waals surface area contributed by atoms with E-state index >= 15 is 0 Å². The maximum absolute atomic E-state index is 13.0. The molecule has 1 aliphatic heterocycles. The number of nitrogens with zero attached hydrogens (tertiary/aromatic N) is 1. The largest absolute Gasteiger partial charge is 0.397 e. The molecule has 1 amide bonds. The molecule has 8 heteroatoms. The number of sulfonamides is 1. The second-order valence-corrected chi connectivity index (χ2v) is 7.30. The van der Waals surface area contributed by atoms with Gasteiger partial charge >= 0.3 is 0 Å². The molecule has 0 fully saturated rings. The van der Waals surface area contributed by atoms with Crippen LogP contribution in [0.2, 0.25) is 5.02 Å². The number of hydrogen-bond donors (Lipinski definition) is 2. The van der Waals surface area contributed by atoms with Crippen molar-refractivity contribution in [1.82, 2.24) is 5.32 Å². The number of nitrogens with one attached hydrogen (secondary N) is 1. The second-order valence-electron chi connectivity index (χ2n) is 5.03. The third-order valence-corrected chi connectivity index (χ3v) is 5.73. The molecule has 0 atom stereocenters. The fourth-order valence-electron chi connectivity index (χ4n) is 2.43. The number of nitrogen functional groups attached to an aromatic ring is 1. The van der Waals surface area contributed by atoms with Crippen molar-refractivity contribution < 1.29 is 13.2 Å². The third-order valence-electron chi connectivity index (χ3n) is 3.57. The zero-order chi connectivity index (χ0) is 16.6. The third kappa shape index (κ3) is 2.73. The number of anilines is 2. The van der Waals surface area contributed by atoms with Crippen molar-refractivity contribution in [3.63, 3.8) is 0 Å². The van der Waals surface area contributed by atoms with E-state index in [9.17, 15) is 13.2 Å². The molecule has 120 valence electrons. The Labute approximate surface area is 138 Å². The summed E-state index contributed by atoms with van der Waals surface area (Å²) in [5, 5.41) is 2.97. The van der Waals surface area contributed by atoms with Crippen molar-refractivity contribution in [2.75, 3.05) is 23.1 Å². The summed E-state index contributed by atoms with van der Waals surface area (Å²) in [7, 11) is -3.86. The van der Waals surface area contributed by atoms with Crippen LogP contribution in [0.5, 0.6) is 0 Å². The van der Waals surface area contributed by atoms with Crippen molar-refractivity contribution >= 4 is 38.9 Å². The Kier molecular flexibility index (Phi) is 3.91. The lowest BCUT2D eigenvalue weighted by molar-refractivity contribution is 0.0958. The van der Waals surface area contributed by atoms with Gasteiger partial charge in [-0.15, -0.1) is 0 Å². The Balaban J connectivity index is 2.14. The van der Waals surface area contributed by atoms with Crippen LogP contribution < -0.4 is 15.4 Å². The Morgan fingerprint density at radius 2 is 1.91 bits per heavy atom. The Bertz CT molecular complexity index is 883. The molecule has 3 rings (SSSR count). The van der Waals surface area contributed by atoms with Crippen LogP contribution in [0.4, 0.5) is 11.4 Å². The van der Waals surface area contributed by atoms with E-state index in [1.54, 1.807) is 24.3 Å².